The van der Waals surface area contributed by atoms with E-state index >= 15 is 0 Å². The van der Waals surface area contributed by atoms with Crippen molar-refractivity contribution in [2.24, 2.45) is 0 Å². The Hall–Kier alpha value is -2.41. The van der Waals surface area contributed by atoms with Crippen LogP contribution in [0.3, 0.4) is 0 Å². The molecular weight excluding hydrogens is 256 g/mol. The topological polar surface area (TPSA) is 132 Å². The van der Waals surface area contributed by atoms with Crippen molar-refractivity contribution in [2.75, 3.05) is 0 Å². The van der Waals surface area contributed by atoms with Crippen molar-refractivity contribution in [2.45, 2.75) is 18.4 Å². The first-order valence-electron chi connectivity index (χ1n) is 5.17. The summed E-state index contributed by atoms with van der Waals surface area (Å²) in [6.45, 7) is 0. The van der Waals surface area contributed by atoms with Gasteiger partial charge in [0.05, 0.1) is 12.8 Å². The molecule has 0 aliphatic rings. The maximum Gasteiger partial charge on any atom is 0.336 e. The summed E-state index contributed by atoms with van der Waals surface area (Å²) >= 11 is 0. The van der Waals surface area contributed by atoms with Crippen molar-refractivity contribution in [3.8, 4) is 0 Å². The number of carboxylic acid groups (broad SMARTS) is 3. The van der Waals surface area contributed by atoms with Crippen molar-refractivity contribution in [3.63, 3.8) is 0 Å². The van der Waals surface area contributed by atoms with Gasteiger partial charge in [0.1, 0.15) is 0 Å². The van der Waals surface area contributed by atoms with Crippen molar-refractivity contribution >= 4 is 17.9 Å². The number of aliphatic hydroxyl groups is 1. The lowest BCUT2D eigenvalue weighted by Crippen LogP contribution is -2.42. The normalized spacial score (nSPS) is 9.95. The van der Waals surface area contributed by atoms with E-state index in [2.05, 4.69) is 0 Å². The second-order valence-corrected chi connectivity index (χ2v) is 3.63. The smallest absolute Gasteiger partial charge is 0.336 e. The zero-order chi connectivity index (χ0) is 14.9. The summed E-state index contributed by atoms with van der Waals surface area (Å²) in [4.78, 5) is 30.5. The first-order valence-corrected chi connectivity index (χ1v) is 5.17. The maximum atomic E-state index is 10.3. The third kappa shape index (κ3) is 7.50. The van der Waals surface area contributed by atoms with Crippen LogP contribution in [-0.4, -0.2) is 43.9 Å². The number of rotatable bonds is 5. The highest BCUT2D eigenvalue weighted by atomic mass is 16.4. The van der Waals surface area contributed by atoms with Gasteiger partial charge in [-0.3, -0.25) is 9.59 Å². The Morgan fingerprint density at radius 1 is 0.737 bits per heavy atom. The lowest BCUT2D eigenvalue weighted by molar-refractivity contribution is -0.170. The second-order valence-electron chi connectivity index (χ2n) is 3.63. The van der Waals surface area contributed by atoms with E-state index in [0.717, 1.165) is 0 Å². The van der Waals surface area contributed by atoms with E-state index in [-0.39, 0.29) is 0 Å². The predicted molar refractivity (Wildman–Crippen MR) is 63.5 cm³/mol. The molecule has 0 spiro atoms. The van der Waals surface area contributed by atoms with E-state index in [9.17, 15) is 14.4 Å². The Balaban J connectivity index is 0.000000443. The van der Waals surface area contributed by atoms with E-state index < -0.39 is 36.4 Å². The van der Waals surface area contributed by atoms with Gasteiger partial charge in [0.15, 0.2) is 5.60 Å². The Morgan fingerprint density at radius 3 is 1.16 bits per heavy atom. The quantitative estimate of drug-likeness (QED) is 0.610. The Kier molecular flexibility index (Phi) is 6.83. The molecule has 0 radical (unpaired) electrons. The van der Waals surface area contributed by atoms with Crippen LogP contribution < -0.4 is 0 Å². The molecule has 0 saturated heterocycles. The molecule has 0 bridgehead atoms. The van der Waals surface area contributed by atoms with Gasteiger partial charge in [-0.2, -0.15) is 0 Å². The van der Waals surface area contributed by atoms with Crippen molar-refractivity contribution < 1.29 is 34.8 Å². The Labute approximate surface area is 108 Å². The van der Waals surface area contributed by atoms with E-state index in [0.29, 0.717) is 0 Å². The molecule has 19 heavy (non-hydrogen) atoms. The van der Waals surface area contributed by atoms with Crippen LogP contribution in [-0.2, 0) is 14.4 Å². The van der Waals surface area contributed by atoms with Gasteiger partial charge in [0, 0.05) is 0 Å². The molecule has 1 aromatic rings. The number of benzene rings is 1. The standard InChI is InChI=1S/C6H8O7.C6H6/c7-3(8)1-6(13,5(11)12)2-4(9)10;1-2-4-6-5-3-1/h13H,1-2H2,(H,7,8)(H,9,10)(H,11,12);1-6H. The molecule has 0 atom stereocenters. The van der Waals surface area contributed by atoms with Crippen LogP contribution in [0.1, 0.15) is 12.8 Å². The monoisotopic (exact) mass is 270 g/mol. The third-order valence-electron chi connectivity index (χ3n) is 1.95. The number of carbonyl (C=O) groups is 3. The summed E-state index contributed by atoms with van der Waals surface area (Å²) in [6, 6.07) is 12.0. The zero-order valence-corrected chi connectivity index (χ0v) is 9.89. The average Bonchev–Trinajstić information content (AvgIpc) is 2.29. The van der Waals surface area contributed by atoms with Crippen molar-refractivity contribution in [1.82, 2.24) is 0 Å². The van der Waals surface area contributed by atoms with Crippen LogP contribution in [0.4, 0.5) is 0 Å². The summed E-state index contributed by atoms with van der Waals surface area (Å²) in [5, 5.41) is 33.8. The molecule has 0 aromatic heterocycles. The second kappa shape index (κ2) is 7.83. The van der Waals surface area contributed by atoms with Gasteiger partial charge in [-0.1, -0.05) is 36.4 Å². The molecule has 0 amide bonds. The summed E-state index contributed by atoms with van der Waals surface area (Å²) in [5.41, 5.74) is -2.74. The van der Waals surface area contributed by atoms with Crippen LogP contribution in [0, 0.1) is 0 Å². The highest BCUT2D eigenvalue weighted by Crippen LogP contribution is 2.15. The maximum absolute atomic E-state index is 10.3. The van der Waals surface area contributed by atoms with Crippen LogP contribution in [0.25, 0.3) is 0 Å². The van der Waals surface area contributed by atoms with Gasteiger partial charge in [-0.05, 0) is 0 Å². The van der Waals surface area contributed by atoms with Crippen LogP contribution in [0.15, 0.2) is 36.4 Å². The molecule has 0 aliphatic carbocycles. The van der Waals surface area contributed by atoms with Crippen molar-refractivity contribution in [1.29, 1.82) is 0 Å². The number of hydrogen-bond acceptors (Lipinski definition) is 4. The summed E-state index contributed by atoms with van der Waals surface area (Å²) < 4.78 is 0. The highest BCUT2D eigenvalue weighted by molar-refractivity contribution is 5.88. The van der Waals surface area contributed by atoms with Gasteiger partial charge in [-0.25, -0.2) is 4.79 Å². The molecule has 0 unspecified atom stereocenters. The van der Waals surface area contributed by atoms with Crippen LogP contribution in [0.2, 0.25) is 0 Å². The first-order chi connectivity index (χ1) is 8.78. The Bertz CT molecular complexity index is 384. The van der Waals surface area contributed by atoms with Crippen LogP contribution >= 0.6 is 0 Å². The number of hydrogen-bond donors (Lipinski definition) is 4. The van der Waals surface area contributed by atoms with Gasteiger partial charge >= 0.3 is 17.9 Å². The van der Waals surface area contributed by atoms with E-state index in [1.165, 1.54) is 0 Å². The van der Waals surface area contributed by atoms with Crippen LogP contribution in [0.5, 0.6) is 0 Å². The fourth-order valence-corrected chi connectivity index (χ4v) is 1.10. The van der Waals surface area contributed by atoms with Crippen molar-refractivity contribution in [3.05, 3.63) is 36.4 Å². The third-order valence-corrected chi connectivity index (χ3v) is 1.95. The first kappa shape index (κ1) is 16.6. The molecule has 104 valence electrons. The minimum atomic E-state index is -2.74. The van der Waals surface area contributed by atoms with Gasteiger partial charge in [0.25, 0.3) is 0 Å². The largest absolute Gasteiger partial charge is 0.481 e. The molecule has 7 nitrogen and oxygen atoms in total. The molecule has 0 heterocycles. The lowest BCUT2D eigenvalue weighted by atomic mass is 9.96. The predicted octanol–water partition coefficient (Wildman–Crippen LogP) is 0.438. The van der Waals surface area contributed by atoms with Gasteiger partial charge in [-0.15, -0.1) is 0 Å². The fraction of sp³-hybridized carbons (Fsp3) is 0.250. The molecule has 4 N–H and O–H groups in total. The molecular formula is C12H14O7. The number of aliphatic carboxylic acids is 3. The molecule has 0 saturated carbocycles. The van der Waals surface area contributed by atoms with E-state index in [1.807, 2.05) is 36.4 Å². The van der Waals surface area contributed by atoms with Gasteiger partial charge < -0.3 is 20.4 Å². The molecule has 7 heteroatoms. The summed E-state index contributed by atoms with van der Waals surface area (Å²) in [5.74, 6) is -5.02. The molecule has 0 aliphatic heterocycles. The SMILES string of the molecule is O=C(O)CC(O)(CC(=O)O)C(=O)O.c1ccccc1. The lowest BCUT2D eigenvalue weighted by Gasteiger charge is -2.18. The fourth-order valence-electron chi connectivity index (χ4n) is 1.10. The number of carboxylic acids is 3. The minimum absolute atomic E-state index is 1.14. The average molecular weight is 270 g/mol. The highest BCUT2D eigenvalue weighted by Gasteiger charge is 2.40. The molecule has 1 aromatic carbocycles. The summed E-state index contributed by atoms with van der Waals surface area (Å²) in [7, 11) is 0. The Morgan fingerprint density at radius 2 is 1.00 bits per heavy atom. The van der Waals surface area contributed by atoms with E-state index in [4.69, 9.17) is 20.4 Å². The molecule has 1 rings (SSSR count). The zero-order valence-electron chi connectivity index (χ0n) is 9.89. The van der Waals surface area contributed by atoms with E-state index in [1.54, 1.807) is 0 Å². The minimum Gasteiger partial charge on any atom is -0.481 e. The molecule has 0 fully saturated rings. The van der Waals surface area contributed by atoms with Gasteiger partial charge in [0.2, 0.25) is 0 Å². The summed E-state index contributed by atoms with van der Waals surface area (Å²) in [6.07, 6.45) is -2.29.